The molecule has 0 aliphatic heterocycles. The fourth-order valence-electron chi connectivity index (χ4n) is 2.03. The fourth-order valence-corrected chi connectivity index (χ4v) is 2.25. The van der Waals surface area contributed by atoms with E-state index in [0.717, 1.165) is 11.1 Å². The van der Waals surface area contributed by atoms with E-state index in [9.17, 15) is 4.79 Å². The van der Waals surface area contributed by atoms with Gasteiger partial charge in [-0.3, -0.25) is 4.79 Å². The monoisotopic (exact) mass is 303 g/mol. The number of carbonyl (C=O) groups excluding carboxylic acids is 1. The first-order valence-electron chi connectivity index (χ1n) is 6.79. The van der Waals surface area contributed by atoms with Gasteiger partial charge in [-0.2, -0.15) is 0 Å². The zero-order valence-electron chi connectivity index (χ0n) is 12.1. The minimum atomic E-state index is -0.152. The van der Waals surface area contributed by atoms with E-state index < -0.39 is 0 Å². The Morgan fingerprint density at radius 1 is 1.24 bits per heavy atom. The van der Waals surface area contributed by atoms with Crippen molar-refractivity contribution in [3.05, 3.63) is 64.7 Å². The summed E-state index contributed by atoms with van der Waals surface area (Å²) in [4.78, 5) is 11.9. The molecule has 110 valence electrons. The molecule has 1 N–H and O–H groups in total. The van der Waals surface area contributed by atoms with Gasteiger partial charge in [0.2, 0.25) is 0 Å². The molecule has 0 saturated heterocycles. The molecule has 0 fully saturated rings. The highest BCUT2D eigenvalue weighted by Crippen LogP contribution is 2.21. The Balaban J connectivity index is 1.87. The molecule has 2 aromatic carbocycles. The Morgan fingerprint density at radius 3 is 2.62 bits per heavy atom. The zero-order valence-corrected chi connectivity index (χ0v) is 12.9. The Kier molecular flexibility index (Phi) is 5.23. The molecular formula is C17H18ClNO2. The number of hydrogen-bond donors (Lipinski definition) is 1. The van der Waals surface area contributed by atoms with E-state index in [0.29, 0.717) is 10.8 Å². The van der Waals surface area contributed by atoms with E-state index in [1.807, 2.05) is 44.2 Å². The Labute approximate surface area is 129 Å². The largest absolute Gasteiger partial charge is 0.484 e. The van der Waals surface area contributed by atoms with Crippen LogP contribution in [0.3, 0.4) is 0 Å². The van der Waals surface area contributed by atoms with Crippen LogP contribution in [0.25, 0.3) is 0 Å². The SMILES string of the molecule is Cc1cc(Cl)ccc1OCC(=O)N[C@H](C)c1ccccc1. The fraction of sp³-hybridized carbons (Fsp3) is 0.235. The number of ether oxygens (including phenoxy) is 1. The highest BCUT2D eigenvalue weighted by molar-refractivity contribution is 6.30. The van der Waals surface area contributed by atoms with Crippen LogP contribution >= 0.6 is 11.6 Å². The Hall–Kier alpha value is -2.00. The molecule has 0 unspecified atom stereocenters. The summed E-state index contributed by atoms with van der Waals surface area (Å²) in [6, 6.07) is 15.1. The van der Waals surface area contributed by atoms with Gasteiger partial charge in [0.1, 0.15) is 5.75 Å². The summed E-state index contributed by atoms with van der Waals surface area (Å²) in [5.41, 5.74) is 1.97. The van der Waals surface area contributed by atoms with Crippen LogP contribution in [0.15, 0.2) is 48.5 Å². The number of hydrogen-bond acceptors (Lipinski definition) is 2. The third-order valence-electron chi connectivity index (χ3n) is 3.17. The number of rotatable bonds is 5. The first kappa shape index (κ1) is 15.4. The summed E-state index contributed by atoms with van der Waals surface area (Å²) in [5, 5.41) is 3.56. The summed E-state index contributed by atoms with van der Waals surface area (Å²) < 4.78 is 5.52. The molecule has 0 spiro atoms. The topological polar surface area (TPSA) is 38.3 Å². The van der Waals surface area contributed by atoms with Gasteiger partial charge in [-0.1, -0.05) is 41.9 Å². The van der Waals surface area contributed by atoms with Crippen LogP contribution < -0.4 is 10.1 Å². The van der Waals surface area contributed by atoms with Crippen LogP contribution in [0.5, 0.6) is 5.75 Å². The predicted octanol–water partition coefficient (Wildman–Crippen LogP) is 3.90. The smallest absolute Gasteiger partial charge is 0.258 e. The predicted molar refractivity (Wildman–Crippen MR) is 84.7 cm³/mol. The minimum absolute atomic E-state index is 0.0142. The van der Waals surface area contributed by atoms with Gasteiger partial charge in [0.25, 0.3) is 5.91 Å². The van der Waals surface area contributed by atoms with E-state index >= 15 is 0 Å². The van der Waals surface area contributed by atoms with Crippen molar-refractivity contribution >= 4 is 17.5 Å². The van der Waals surface area contributed by atoms with Gasteiger partial charge in [0, 0.05) is 5.02 Å². The Morgan fingerprint density at radius 2 is 1.95 bits per heavy atom. The van der Waals surface area contributed by atoms with Crippen molar-refractivity contribution in [1.82, 2.24) is 5.32 Å². The molecule has 0 heterocycles. The van der Waals surface area contributed by atoms with E-state index in [-0.39, 0.29) is 18.6 Å². The van der Waals surface area contributed by atoms with Gasteiger partial charge in [0.15, 0.2) is 6.61 Å². The summed E-state index contributed by atoms with van der Waals surface area (Å²) in [6.45, 7) is 3.83. The number of benzene rings is 2. The average Bonchev–Trinajstić information content (AvgIpc) is 2.47. The zero-order chi connectivity index (χ0) is 15.2. The molecule has 2 aromatic rings. The van der Waals surface area contributed by atoms with Crippen LogP contribution in [-0.4, -0.2) is 12.5 Å². The molecule has 3 nitrogen and oxygen atoms in total. The van der Waals surface area contributed by atoms with Crippen LogP contribution in [-0.2, 0) is 4.79 Å². The standard InChI is InChI=1S/C17H18ClNO2/c1-12-10-15(18)8-9-16(12)21-11-17(20)19-13(2)14-6-4-3-5-7-14/h3-10,13H,11H2,1-2H3,(H,19,20)/t13-/m1/s1. The lowest BCUT2D eigenvalue weighted by Gasteiger charge is -2.15. The first-order valence-corrected chi connectivity index (χ1v) is 7.17. The molecule has 0 saturated carbocycles. The highest BCUT2D eigenvalue weighted by Gasteiger charge is 2.10. The number of halogens is 1. The molecule has 1 atom stereocenters. The second-order valence-corrected chi connectivity index (χ2v) is 5.33. The van der Waals surface area contributed by atoms with Gasteiger partial charge < -0.3 is 10.1 Å². The van der Waals surface area contributed by atoms with Gasteiger partial charge >= 0.3 is 0 Å². The van der Waals surface area contributed by atoms with E-state index in [2.05, 4.69) is 5.32 Å². The maximum atomic E-state index is 11.9. The maximum absolute atomic E-state index is 11.9. The maximum Gasteiger partial charge on any atom is 0.258 e. The molecule has 0 aliphatic carbocycles. The van der Waals surface area contributed by atoms with Crippen molar-refractivity contribution in [3.63, 3.8) is 0 Å². The van der Waals surface area contributed by atoms with Crippen molar-refractivity contribution in [1.29, 1.82) is 0 Å². The molecule has 21 heavy (non-hydrogen) atoms. The van der Waals surface area contributed by atoms with Crippen molar-refractivity contribution in [3.8, 4) is 5.75 Å². The van der Waals surface area contributed by atoms with Gasteiger partial charge in [-0.05, 0) is 43.2 Å². The number of carbonyl (C=O) groups is 1. The molecule has 0 aliphatic rings. The normalized spacial score (nSPS) is 11.8. The lowest BCUT2D eigenvalue weighted by Crippen LogP contribution is -2.31. The molecule has 0 aromatic heterocycles. The summed E-state index contributed by atoms with van der Waals surface area (Å²) in [5.74, 6) is 0.516. The molecule has 2 rings (SSSR count). The third-order valence-corrected chi connectivity index (χ3v) is 3.41. The number of nitrogens with one attached hydrogen (secondary N) is 1. The Bertz CT molecular complexity index is 613. The highest BCUT2D eigenvalue weighted by atomic mass is 35.5. The molecule has 4 heteroatoms. The van der Waals surface area contributed by atoms with Crippen LogP contribution in [0.4, 0.5) is 0 Å². The molecule has 1 amide bonds. The molecular weight excluding hydrogens is 286 g/mol. The van der Waals surface area contributed by atoms with Crippen molar-refractivity contribution in [2.45, 2.75) is 19.9 Å². The summed E-state index contributed by atoms with van der Waals surface area (Å²) in [6.07, 6.45) is 0. The van der Waals surface area contributed by atoms with E-state index in [1.54, 1.807) is 18.2 Å². The quantitative estimate of drug-likeness (QED) is 0.909. The van der Waals surface area contributed by atoms with Crippen molar-refractivity contribution in [2.75, 3.05) is 6.61 Å². The van der Waals surface area contributed by atoms with Crippen LogP contribution in [0.1, 0.15) is 24.1 Å². The molecule has 0 bridgehead atoms. The lowest BCUT2D eigenvalue weighted by atomic mass is 10.1. The second kappa shape index (κ2) is 7.14. The van der Waals surface area contributed by atoms with E-state index in [1.165, 1.54) is 0 Å². The minimum Gasteiger partial charge on any atom is -0.484 e. The number of amides is 1. The van der Waals surface area contributed by atoms with Crippen LogP contribution in [0, 0.1) is 6.92 Å². The van der Waals surface area contributed by atoms with Crippen molar-refractivity contribution < 1.29 is 9.53 Å². The van der Waals surface area contributed by atoms with Crippen molar-refractivity contribution in [2.24, 2.45) is 0 Å². The van der Waals surface area contributed by atoms with E-state index in [4.69, 9.17) is 16.3 Å². The van der Waals surface area contributed by atoms with Gasteiger partial charge in [0.05, 0.1) is 6.04 Å². The molecule has 0 radical (unpaired) electrons. The van der Waals surface area contributed by atoms with Crippen LogP contribution in [0.2, 0.25) is 5.02 Å². The first-order chi connectivity index (χ1) is 10.1. The van der Waals surface area contributed by atoms with Gasteiger partial charge in [-0.25, -0.2) is 0 Å². The third kappa shape index (κ3) is 4.50. The summed E-state index contributed by atoms with van der Waals surface area (Å²) in [7, 11) is 0. The summed E-state index contributed by atoms with van der Waals surface area (Å²) >= 11 is 5.88. The number of aryl methyl sites for hydroxylation is 1. The second-order valence-electron chi connectivity index (χ2n) is 4.90. The average molecular weight is 304 g/mol. The lowest BCUT2D eigenvalue weighted by molar-refractivity contribution is -0.123. The van der Waals surface area contributed by atoms with Gasteiger partial charge in [-0.15, -0.1) is 0 Å².